The predicted octanol–water partition coefficient (Wildman–Crippen LogP) is 2.07. The largest absolute Gasteiger partial charge is 0.481 e. The highest BCUT2D eigenvalue weighted by Crippen LogP contribution is 2.38. The third-order valence-corrected chi connectivity index (χ3v) is 5.04. The van der Waals surface area contributed by atoms with Crippen molar-refractivity contribution in [3.05, 3.63) is 29.8 Å². The summed E-state index contributed by atoms with van der Waals surface area (Å²) in [4.78, 5) is 37.4. The summed E-state index contributed by atoms with van der Waals surface area (Å²) in [6.07, 6.45) is 0.909. The minimum absolute atomic E-state index is 0.00663. The molecule has 2 N–H and O–H groups in total. The Morgan fingerprint density at radius 2 is 1.83 bits per heavy atom. The van der Waals surface area contributed by atoms with Crippen LogP contribution in [0.25, 0.3) is 0 Å². The molecule has 3 rings (SSSR count). The van der Waals surface area contributed by atoms with Gasteiger partial charge in [0.1, 0.15) is 0 Å². The summed E-state index contributed by atoms with van der Waals surface area (Å²) >= 11 is 0. The lowest BCUT2D eigenvalue weighted by Crippen LogP contribution is -2.30. The Morgan fingerprint density at radius 3 is 2.42 bits per heavy atom. The first-order chi connectivity index (χ1) is 11.4. The van der Waals surface area contributed by atoms with Crippen molar-refractivity contribution in [1.82, 2.24) is 4.90 Å². The maximum atomic E-state index is 12.6. The topological polar surface area (TPSA) is 86.7 Å². The maximum Gasteiger partial charge on any atom is 0.308 e. The van der Waals surface area contributed by atoms with Gasteiger partial charge in [-0.15, -0.1) is 0 Å². The molecule has 2 amide bonds. The molecule has 1 aliphatic heterocycles. The molecule has 6 heteroatoms. The van der Waals surface area contributed by atoms with Gasteiger partial charge < -0.3 is 15.3 Å². The smallest absolute Gasteiger partial charge is 0.308 e. The molecule has 1 aromatic carbocycles. The lowest BCUT2D eigenvalue weighted by atomic mass is 9.99. The number of hydrogen-bond acceptors (Lipinski definition) is 3. The molecule has 0 spiro atoms. The van der Waals surface area contributed by atoms with E-state index in [2.05, 4.69) is 5.32 Å². The number of carbonyl (C=O) groups excluding carboxylic acids is 2. The fourth-order valence-corrected chi connectivity index (χ4v) is 3.29. The van der Waals surface area contributed by atoms with E-state index < -0.39 is 11.9 Å². The van der Waals surface area contributed by atoms with Gasteiger partial charge in [-0.25, -0.2) is 0 Å². The van der Waals surface area contributed by atoms with Crippen molar-refractivity contribution in [1.29, 1.82) is 0 Å². The normalized spacial score (nSPS) is 28.5. The molecule has 0 bridgehead atoms. The minimum Gasteiger partial charge on any atom is -0.481 e. The molecular formula is C18H22N2O4. The quantitative estimate of drug-likeness (QED) is 0.885. The van der Waals surface area contributed by atoms with E-state index in [-0.39, 0.29) is 30.2 Å². The van der Waals surface area contributed by atoms with Gasteiger partial charge in [-0.1, -0.05) is 19.9 Å². The van der Waals surface area contributed by atoms with Crippen LogP contribution in [0.15, 0.2) is 24.3 Å². The Labute approximate surface area is 140 Å². The molecule has 0 aromatic heterocycles. The molecular weight excluding hydrogens is 308 g/mol. The van der Waals surface area contributed by atoms with E-state index >= 15 is 0 Å². The van der Waals surface area contributed by atoms with Crippen molar-refractivity contribution in [2.45, 2.75) is 20.3 Å². The number of nitrogens with zero attached hydrogens (tertiary/aromatic N) is 1. The van der Waals surface area contributed by atoms with Crippen LogP contribution < -0.4 is 5.32 Å². The summed E-state index contributed by atoms with van der Waals surface area (Å²) in [5, 5.41) is 12.0. The van der Waals surface area contributed by atoms with Gasteiger partial charge in [0.05, 0.1) is 5.92 Å². The second kappa shape index (κ2) is 6.26. The van der Waals surface area contributed by atoms with Crippen LogP contribution in [0.5, 0.6) is 0 Å². The fraction of sp³-hybridized carbons (Fsp3) is 0.500. The lowest BCUT2D eigenvalue weighted by molar-refractivity contribution is -0.142. The third kappa shape index (κ3) is 3.27. The molecule has 2 unspecified atom stereocenters. The van der Waals surface area contributed by atoms with Gasteiger partial charge in [-0.3, -0.25) is 14.4 Å². The van der Waals surface area contributed by atoms with Crippen molar-refractivity contribution < 1.29 is 19.5 Å². The summed E-state index contributed by atoms with van der Waals surface area (Å²) < 4.78 is 0. The Morgan fingerprint density at radius 1 is 1.12 bits per heavy atom. The highest BCUT2D eigenvalue weighted by Gasteiger charge is 2.39. The fourth-order valence-electron chi connectivity index (χ4n) is 3.29. The molecule has 1 saturated carbocycles. The number of nitrogens with one attached hydrogen (secondary N) is 1. The highest BCUT2D eigenvalue weighted by atomic mass is 16.4. The predicted molar refractivity (Wildman–Crippen MR) is 88.5 cm³/mol. The van der Waals surface area contributed by atoms with Crippen LogP contribution in [0.1, 0.15) is 30.6 Å². The van der Waals surface area contributed by atoms with Crippen molar-refractivity contribution in [2.24, 2.45) is 23.7 Å². The number of carbonyl (C=O) groups is 3. The van der Waals surface area contributed by atoms with E-state index in [1.807, 2.05) is 13.8 Å². The van der Waals surface area contributed by atoms with Crippen LogP contribution in [-0.2, 0) is 9.59 Å². The Kier molecular flexibility index (Phi) is 4.30. The number of amides is 2. The van der Waals surface area contributed by atoms with Crippen LogP contribution in [-0.4, -0.2) is 40.9 Å². The summed E-state index contributed by atoms with van der Waals surface area (Å²) in [5.41, 5.74) is 1.07. The van der Waals surface area contributed by atoms with Crippen molar-refractivity contribution in [3.63, 3.8) is 0 Å². The molecule has 4 atom stereocenters. The van der Waals surface area contributed by atoms with Crippen molar-refractivity contribution in [3.8, 4) is 0 Å². The van der Waals surface area contributed by atoms with Gasteiger partial charge >= 0.3 is 5.97 Å². The Hall–Kier alpha value is -2.37. The van der Waals surface area contributed by atoms with E-state index in [9.17, 15) is 19.5 Å². The van der Waals surface area contributed by atoms with Crippen LogP contribution in [0.4, 0.5) is 5.69 Å². The number of likely N-dealkylation sites (tertiary alicyclic amines) is 1. The Bertz CT molecular complexity index is 687. The van der Waals surface area contributed by atoms with Gasteiger partial charge in [0.2, 0.25) is 5.91 Å². The maximum absolute atomic E-state index is 12.6. The zero-order chi connectivity index (χ0) is 17.4. The minimum atomic E-state index is -0.864. The van der Waals surface area contributed by atoms with E-state index in [4.69, 9.17) is 0 Å². The molecule has 24 heavy (non-hydrogen) atoms. The van der Waals surface area contributed by atoms with Gasteiger partial charge in [-0.2, -0.15) is 0 Å². The molecule has 2 fully saturated rings. The zero-order valence-corrected chi connectivity index (χ0v) is 13.9. The van der Waals surface area contributed by atoms with Crippen molar-refractivity contribution in [2.75, 3.05) is 18.4 Å². The molecule has 1 aliphatic carbocycles. The summed E-state index contributed by atoms with van der Waals surface area (Å²) in [6, 6.07) is 6.84. The van der Waals surface area contributed by atoms with Crippen LogP contribution in [0.2, 0.25) is 0 Å². The van der Waals surface area contributed by atoms with Gasteiger partial charge in [0.25, 0.3) is 5.91 Å². The van der Waals surface area contributed by atoms with Gasteiger partial charge in [0, 0.05) is 30.3 Å². The van der Waals surface area contributed by atoms with E-state index in [0.29, 0.717) is 23.7 Å². The number of hydrogen-bond donors (Lipinski definition) is 2. The van der Waals surface area contributed by atoms with Gasteiger partial charge in [-0.05, 0) is 36.5 Å². The lowest BCUT2D eigenvalue weighted by Gasteiger charge is -2.16. The Balaban J connectivity index is 1.68. The number of rotatable bonds is 4. The zero-order valence-electron chi connectivity index (χ0n) is 13.9. The standard InChI is InChI=1S/C18H22N2O4/c1-10-6-14(10)16(21)19-13-5-3-4-12(7-13)17(22)20-8-11(2)15(9-20)18(23)24/h3-5,7,10-11,14-15H,6,8-9H2,1-2H3,(H,19,21)(H,23,24)/t10?,11-,14?,15-/m1/s1. The summed E-state index contributed by atoms with van der Waals surface area (Å²) in [7, 11) is 0. The molecule has 1 heterocycles. The molecule has 1 saturated heterocycles. The number of anilines is 1. The van der Waals surface area contributed by atoms with Gasteiger partial charge in [0.15, 0.2) is 0 Å². The summed E-state index contributed by atoms with van der Waals surface area (Å²) in [5.74, 6) is -1.15. The highest BCUT2D eigenvalue weighted by molar-refractivity contribution is 5.98. The van der Waals surface area contributed by atoms with Crippen LogP contribution >= 0.6 is 0 Å². The molecule has 6 nitrogen and oxygen atoms in total. The average Bonchev–Trinajstić information content (AvgIpc) is 3.14. The molecule has 0 radical (unpaired) electrons. The number of benzene rings is 1. The monoisotopic (exact) mass is 330 g/mol. The van der Waals surface area contributed by atoms with E-state index in [0.717, 1.165) is 6.42 Å². The summed E-state index contributed by atoms with van der Waals surface area (Å²) in [6.45, 7) is 4.55. The first-order valence-electron chi connectivity index (χ1n) is 8.30. The first-order valence-corrected chi connectivity index (χ1v) is 8.30. The number of carboxylic acid groups (broad SMARTS) is 1. The van der Waals surface area contributed by atoms with E-state index in [1.54, 1.807) is 29.2 Å². The first kappa shape index (κ1) is 16.5. The SMILES string of the molecule is CC1CC1C(=O)Nc1cccc(C(=O)N2C[C@@H](C)[C@H](C(=O)O)C2)c1. The number of carboxylic acids is 1. The second-order valence-corrected chi connectivity index (χ2v) is 7.02. The van der Waals surface area contributed by atoms with Crippen LogP contribution in [0, 0.1) is 23.7 Å². The average molecular weight is 330 g/mol. The number of aliphatic carboxylic acids is 1. The molecule has 2 aliphatic rings. The third-order valence-electron chi connectivity index (χ3n) is 5.04. The van der Waals surface area contributed by atoms with E-state index in [1.165, 1.54) is 0 Å². The van der Waals surface area contributed by atoms with Crippen molar-refractivity contribution >= 4 is 23.5 Å². The second-order valence-electron chi connectivity index (χ2n) is 7.02. The molecule has 1 aromatic rings. The van der Waals surface area contributed by atoms with Crippen LogP contribution in [0.3, 0.4) is 0 Å². The molecule has 128 valence electrons.